The average Bonchev–Trinajstić information content (AvgIpc) is 2.76. The van der Waals surface area contributed by atoms with Crippen molar-refractivity contribution in [2.45, 2.75) is 56.1 Å². The van der Waals surface area contributed by atoms with Gasteiger partial charge < -0.3 is 15.7 Å². The quantitative estimate of drug-likeness (QED) is 0.774. The molecule has 106 valence electrons. The molecule has 0 amide bonds. The molecule has 4 nitrogen and oxygen atoms in total. The van der Waals surface area contributed by atoms with Gasteiger partial charge in [0.25, 0.3) is 0 Å². The molecule has 4 heteroatoms. The Kier molecular flexibility index (Phi) is 4.64. The summed E-state index contributed by atoms with van der Waals surface area (Å²) in [6.45, 7) is 2.49. The van der Waals surface area contributed by atoms with Crippen LogP contribution in [0.25, 0.3) is 0 Å². The average molecular weight is 255 g/mol. The van der Waals surface area contributed by atoms with Crippen LogP contribution in [0.4, 0.5) is 0 Å². The molecule has 0 radical (unpaired) electrons. The molecule has 0 bridgehead atoms. The zero-order valence-electron chi connectivity index (χ0n) is 11.9. The molecule has 1 heterocycles. The van der Waals surface area contributed by atoms with Crippen molar-refractivity contribution in [3.8, 4) is 0 Å². The zero-order valence-corrected chi connectivity index (χ0v) is 11.9. The van der Waals surface area contributed by atoms with Crippen molar-refractivity contribution in [1.82, 2.24) is 9.80 Å². The fourth-order valence-corrected chi connectivity index (χ4v) is 3.75. The number of nitrogens with two attached hydrogens (primary N) is 1. The van der Waals surface area contributed by atoms with Crippen LogP contribution in [0.5, 0.6) is 0 Å². The van der Waals surface area contributed by atoms with Gasteiger partial charge in [0.05, 0.1) is 6.61 Å². The minimum absolute atomic E-state index is 0.135. The summed E-state index contributed by atoms with van der Waals surface area (Å²) in [4.78, 5) is 4.95. The number of nitrogens with zero attached hydrogens (tertiary/aromatic N) is 2. The van der Waals surface area contributed by atoms with Crippen LogP contribution in [-0.4, -0.2) is 66.3 Å². The van der Waals surface area contributed by atoms with Gasteiger partial charge in [0, 0.05) is 24.2 Å². The van der Waals surface area contributed by atoms with Crippen LogP contribution in [0.15, 0.2) is 0 Å². The molecular formula is C14H29N3O. The van der Waals surface area contributed by atoms with Gasteiger partial charge >= 0.3 is 0 Å². The molecule has 1 aliphatic carbocycles. The van der Waals surface area contributed by atoms with Crippen molar-refractivity contribution >= 4 is 0 Å². The Morgan fingerprint density at radius 3 is 2.78 bits per heavy atom. The molecule has 1 aliphatic heterocycles. The molecule has 2 aliphatic rings. The van der Waals surface area contributed by atoms with Gasteiger partial charge in [-0.3, -0.25) is 4.90 Å². The van der Waals surface area contributed by atoms with Gasteiger partial charge in [-0.15, -0.1) is 0 Å². The summed E-state index contributed by atoms with van der Waals surface area (Å²) in [5.74, 6) is 0. The Labute approximate surface area is 111 Å². The summed E-state index contributed by atoms with van der Waals surface area (Å²) < 4.78 is 0. The fraction of sp³-hybridized carbons (Fsp3) is 1.00. The summed E-state index contributed by atoms with van der Waals surface area (Å²) in [7, 11) is 4.30. The van der Waals surface area contributed by atoms with Gasteiger partial charge in [-0.1, -0.05) is 0 Å². The second-order valence-electron chi connectivity index (χ2n) is 6.57. The van der Waals surface area contributed by atoms with E-state index in [4.69, 9.17) is 5.73 Å². The van der Waals surface area contributed by atoms with Crippen molar-refractivity contribution in [1.29, 1.82) is 0 Å². The molecule has 1 saturated carbocycles. The maximum absolute atomic E-state index is 9.47. The van der Waals surface area contributed by atoms with E-state index in [2.05, 4.69) is 23.9 Å². The fourth-order valence-electron chi connectivity index (χ4n) is 3.75. The van der Waals surface area contributed by atoms with E-state index < -0.39 is 0 Å². The van der Waals surface area contributed by atoms with E-state index >= 15 is 0 Å². The van der Waals surface area contributed by atoms with Gasteiger partial charge in [-0.25, -0.2) is 0 Å². The maximum atomic E-state index is 9.47. The summed E-state index contributed by atoms with van der Waals surface area (Å²) in [6.07, 6.45) is 6.98. The first-order valence-electron chi connectivity index (χ1n) is 7.34. The lowest BCUT2D eigenvalue weighted by atomic mass is 9.79. The largest absolute Gasteiger partial charge is 0.394 e. The minimum atomic E-state index is -0.325. The Bertz CT molecular complexity index is 272. The van der Waals surface area contributed by atoms with E-state index in [1.807, 2.05) is 0 Å². The number of likely N-dealkylation sites (N-methyl/N-ethyl adjacent to an activating group) is 1. The summed E-state index contributed by atoms with van der Waals surface area (Å²) in [5.41, 5.74) is 5.95. The molecule has 3 atom stereocenters. The normalized spacial score (nSPS) is 38.5. The molecule has 18 heavy (non-hydrogen) atoms. The number of likely N-dealkylation sites (tertiary alicyclic amines) is 1. The van der Waals surface area contributed by atoms with Crippen molar-refractivity contribution in [2.75, 3.05) is 33.8 Å². The summed E-state index contributed by atoms with van der Waals surface area (Å²) >= 11 is 0. The highest BCUT2D eigenvalue weighted by molar-refractivity contribution is 4.97. The molecule has 1 saturated heterocycles. The predicted molar refractivity (Wildman–Crippen MR) is 74.5 cm³/mol. The van der Waals surface area contributed by atoms with Crippen LogP contribution in [0.2, 0.25) is 0 Å². The number of hydrogen-bond acceptors (Lipinski definition) is 4. The SMILES string of the molecule is CN(C)CC1CCCN1C1CCCC(N)(CO)C1. The van der Waals surface area contributed by atoms with E-state index in [1.54, 1.807) is 0 Å². The molecule has 0 aromatic carbocycles. The van der Waals surface area contributed by atoms with E-state index in [9.17, 15) is 5.11 Å². The van der Waals surface area contributed by atoms with Crippen molar-refractivity contribution in [3.05, 3.63) is 0 Å². The number of hydrogen-bond donors (Lipinski definition) is 2. The number of aliphatic hydroxyl groups excluding tert-OH is 1. The van der Waals surface area contributed by atoms with Crippen molar-refractivity contribution < 1.29 is 5.11 Å². The van der Waals surface area contributed by atoms with Crippen LogP contribution in [0.1, 0.15) is 38.5 Å². The first-order chi connectivity index (χ1) is 8.54. The highest BCUT2D eigenvalue weighted by atomic mass is 16.3. The lowest BCUT2D eigenvalue weighted by molar-refractivity contribution is 0.0672. The maximum Gasteiger partial charge on any atom is 0.0611 e. The summed E-state index contributed by atoms with van der Waals surface area (Å²) in [5, 5.41) is 9.47. The smallest absolute Gasteiger partial charge is 0.0611 e. The monoisotopic (exact) mass is 255 g/mol. The van der Waals surface area contributed by atoms with Crippen LogP contribution in [0.3, 0.4) is 0 Å². The second kappa shape index (κ2) is 5.87. The lowest BCUT2D eigenvalue weighted by Crippen LogP contribution is -2.54. The van der Waals surface area contributed by atoms with Crippen molar-refractivity contribution in [2.24, 2.45) is 5.73 Å². The summed E-state index contributed by atoms with van der Waals surface area (Å²) in [6, 6.07) is 1.27. The molecule has 3 unspecified atom stereocenters. The zero-order chi connectivity index (χ0) is 13.2. The van der Waals surface area contributed by atoms with E-state index in [0.717, 1.165) is 25.8 Å². The van der Waals surface area contributed by atoms with E-state index in [0.29, 0.717) is 12.1 Å². The third-order valence-corrected chi connectivity index (χ3v) is 4.64. The third kappa shape index (κ3) is 3.23. The highest BCUT2D eigenvalue weighted by Crippen LogP contribution is 2.33. The molecular weight excluding hydrogens is 226 g/mol. The molecule has 0 spiro atoms. The van der Waals surface area contributed by atoms with Crippen LogP contribution < -0.4 is 5.73 Å². The van der Waals surface area contributed by atoms with Crippen LogP contribution in [-0.2, 0) is 0 Å². The Morgan fingerprint density at radius 2 is 2.11 bits per heavy atom. The molecule has 2 rings (SSSR count). The number of aliphatic hydroxyl groups is 1. The van der Waals surface area contributed by atoms with Gasteiger partial charge in [-0.05, 0) is 59.2 Å². The molecule has 0 aromatic heterocycles. The van der Waals surface area contributed by atoms with Crippen LogP contribution in [0, 0.1) is 0 Å². The van der Waals surface area contributed by atoms with Gasteiger partial charge in [0.15, 0.2) is 0 Å². The Morgan fingerprint density at radius 1 is 1.33 bits per heavy atom. The highest BCUT2D eigenvalue weighted by Gasteiger charge is 2.38. The van der Waals surface area contributed by atoms with Crippen LogP contribution >= 0.6 is 0 Å². The Balaban J connectivity index is 1.97. The lowest BCUT2D eigenvalue weighted by Gasteiger charge is -2.43. The Hall–Kier alpha value is -0.160. The molecule has 2 fully saturated rings. The van der Waals surface area contributed by atoms with Gasteiger partial charge in [-0.2, -0.15) is 0 Å². The first-order valence-corrected chi connectivity index (χ1v) is 7.34. The topological polar surface area (TPSA) is 52.7 Å². The number of rotatable bonds is 4. The van der Waals surface area contributed by atoms with E-state index in [1.165, 1.54) is 25.8 Å². The van der Waals surface area contributed by atoms with E-state index in [-0.39, 0.29) is 12.1 Å². The molecule has 3 N–H and O–H groups in total. The first kappa shape index (κ1) is 14.3. The minimum Gasteiger partial charge on any atom is -0.394 e. The standard InChI is InChI=1S/C14H29N3O/c1-16(2)10-13-6-4-8-17(13)12-5-3-7-14(15,9-12)11-18/h12-13,18H,3-11,15H2,1-2H3. The third-order valence-electron chi connectivity index (χ3n) is 4.64. The van der Waals surface area contributed by atoms with Gasteiger partial charge in [0.1, 0.15) is 0 Å². The van der Waals surface area contributed by atoms with Crippen molar-refractivity contribution in [3.63, 3.8) is 0 Å². The second-order valence-corrected chi connectivity index (χ2v) is 6.57. The predicted octanol–water partition coefficient (Wildman–Crippen LogP) is 0.645. The van der Waals surface area contributed by atoms with Gasteiger partial charge in [0.2, 0.25) is 0 Å². The molecule has 0 aromatic rings.